The molecule has 0 spiro atoms. The van der Waals surface area contributed by atoms with Gasteiger partial charge in [-0.25, -0.2) is 0 Å². The predicted molar refractivity (Wildman–Crippen MR) is 92.1 cm³/mol. The number of thioether (sulfide) groups is 1. The highest BCUT2D eigenvalue weighted by Gasteiger charge is 2.18. The normalized spacial score (nSPS) is 13.5. The summed E-state index contributed by atoms with van der Waals surface area (Å²) < 4.78 is 0.718. The number of nitrogens with zero attached hydrogens (tertiary/aromatic N) is 2. The fourth-order valence-corrected chi connectivity index (χ4v) is 3.87. The van der Waals surface area contributed by atoms with Crippen LogP contribution in [0.5, 0.6) is 0 Å². The summed E-state index contributed by atoms with van der Waals surface area (Å²) in [4.78, 5) is 12.2. The molecule has 2 atom stereocenters. The Kier molecular flexibility index (Phi) is 6.21. The van der Waals surface area contributed by atoms with Crippen molar-refractivity contribution >= 4 is 34.1 Å². The number of hydrogen-bond donors (Lipinski definition) is 2. The van der Waals surface area contributed by atoms with Crippen molar-refractivity contribution in [3.8, 4) is 0 Å². The van der Waals surface area contributed by atoms with E-state index in [-0.39, 0.29) is 11.2 Å². The molecule has 0 saturated carbocycles. The van der Waals surface area contributed by atoms with Gasteiger partial charge in [0, 0.05) is 12.5 Å². The topological polar surface area (TPSA) is 80.9 Å². The number of aromatic nitrogens is 2. The van der Waals surface area contributed by atoms with Gasteiger partial charge in [0.1, 0.15) is 0 Å². The summed E-state index contributed by atoms with van der Waals surface area (Å²) in [5.41, 5.74) is 6.79. The Hall–Kier alpha value is -1.60. The number of anilines is 1. The lowest BCUT2D eigenvalue weighted by atomic mass is 9.96. The molecular formula is C15H20N4OS2. The number of nitrogens with two attached hydrogens (primary N) is 1. The molecule has 1 amide bonds. The second-order valence-corrected chi connectivity index (χ2v) is 7.52. The Morgan fingerprint density at radius 2 is 2.09 bits per heavy atom. The molecule has 1 aromatic heterocycles. The first-order valence-corrected chi connectivity index (χ1v) is 8.88. The van der Waals surface area contributed by atoms with Crippen LogP contribution in [0.4, 0.5) is 5.13 Å². The summed E-state index contributed by atoms with van der Waals surface area (Å²) in [6, 6.07) is 10.3. The molecule has 118 valence electrons. The maximum Gasteiger partial charge on any atom is 0.233 e. The summed E-state index contributed by atoms with van der Waals surface area (Å²) in [5, 5.41) is 10.9. The number of carbonyl (C=O) groups excluding carboxylic acids is 1. The standard InChI is InChI=1S/C15H20N4OS2/c1-3-11(12-7-5-4-6-8-12)9-17-13(20)10(2)21-15-19-18-14(16)22-15/h4-8,10-11H,3,9H2,1-2H3,(H2,16,18)(H,17,20)/t10-,11+/m1/s1. The third kappa shape index (κ3) is 4.71. The fourth-order valence-electron chi connectivity index (χ4n) is 2.06. The van der Waals surface area contributed by atoms with Gasteiger partial charge in [-0.05, 0) is 18.9 Å². The summed E-state index contributed by atoms with van der Waals surface area (Å²) in [6.45, 7) is 4.63. The molecule has 0 bridgehead atoms. The molecular weight excluding hydrogens is 316 g/mol. The van der Waals surface area contributed by atoms with Gasteiger partial charge in [-0.1, -0.05) is 60.4 Å². The van der Waals surface area contributed by atoms with E-state index in [0.717, 1.165) is 10.8 Å². The highest BCUT2D eigenvalue weighted by molar-refractivity contribution is 8.02. The van der Waals surface area contributed by atoms with Crippen LogP contribution in [0.3, 0.4) is 0 Å². The minimum absolute atomic E-state index is 0.00755. The van der Waals surface area contributed by atoms with Crippen LogP contribution in [0.25, 0.3) is 0 Å². The molecule has 0 radical (unpaired) electrons. The highest BCUT2D eigenvalue weighted by Crippen LogP contribution is 2.27. The third-order valence-corrected chi connectivity index (χ3v) is 5.29. The maximum absolute atomic E-state index is 12.2. The molecule has 1 aromatic carbocycles. The van der Waals surface area contributed by atoms with Crippen LogP contribution in [0.1, 0.15) is 31.7 Å². The Bertz CT molecular complexity index is 603. The number of carbonyl (C=O) groups is 1. The zero-order valence-electron chi connectivity index (χ0n) is 12.7. The van der Waals surface area contributed by atoms with E-state index in [2.05, 4.69) is 34.6 Å². The summed E-state index contributed by atoms with van der Waals surface area (Å²) >= 11 is 2.68. The van der Waals surface area contributed by atoms with Gasteiger partial charge in [0.25, 0.3) is 0 Å². The Morgan fingerprint density at radius 1 is 1.36 bits per heavy atom. The van der Waals surface area contributed by atoms with Crippen molar-refractivity contribution in [1.29, 1.82) is 0 Å². The van der Waals surface area contributed by atoms with Crippen LogP contribution in [0, 0.1) is 0 Å². The van der Waals surface area contributed by atoms with Crippen LogP contribution in [-0.2, 0) is 4.79 Å². The predicted octanol–water partition coefficient (Wildman–Crippen LogP) is 2.91. The fraction of sp³-hybridized carbons (Fsp3) is 0.400. The van der Waals surface area contributed by atoms with Crippen molar-refractivity contribution in [3.05, 3.63) is 35.9 Å². The molecule has 0 saturated heterocycles. The van der Waals surface area contributed by atoms with Gasteiger partial charge in [0.15, 0.2) is 4.34 Å². The summed E-state index contributed by atoms with van der Waals surface area (Å²) in [6.07, 6.45) is 0.985. The maximum atomic E-state index is 12.2. The van der Waals surface area contributed by atoms with Crippen molar-refractivity contribution < 1.29 is 4.79 Å². The van der Waals surface area contributed by atoms with Crippen LogP contribution in [-0.4, -0.2) is 27.9 Å². The minimum atomic E-state index is -0.222. The monoisotopic (exact) mass is 336 g/mol. The second kappa shape index (κ2) is 8.14. The molecule has 7 heteroatoms. The van der Waals surface area contributed by atoms with Gasteiger partial charge in [-0.15, -0.1) is 10.2 Å². The van der Waals surface area contributed by atoms with Crippen LogP contribution in [0.15, 0.2) is 34.7 Å². The van der Waals surface area contributed by atoms with Crippen molar-refractivity contribution in [2.24, 2.45) is 0 Å². The van der Waals surface area contributed by atoms with Crippen molar-refractivity contribution in [2.75, 3.05) is 12.3 Å². The van der Waals surface area contributed by atoms with E-state index >= 15 is 0 Å². The number of hydrogen-bond acceptors (Lipinski definition) is 6. The van der Waals surface area contributed by atoms with Gasteiger partial charge in [0.05, 0.1) is 5.25 Å². The molecule has 2 aromatic rings. The van der Waals surface area contributed by atoms with Crippen LogP contribution in [0.2, 0.25) is 0 Å². The van der Waals surface area contributed by atoms with Gasteiger partial charge >= 0.3 is 0 Å². The summed E-state index contributed by atoms with van der Waals surface area (Å²) in [5.74, 6) is 0.340. The molecule has 0 aliphatic heterocycles. The van der Waals surface area contributed by atoms with Crippen LogP contribution >= 0.6 is 23.1 Å². The molecule has 3 N–H and O–H groups in total. The van der Waals surface area contributed by atoms with Gasteiger partial charge < -0.3 is 11.1 Å². The first-order chi connectivity index (χ1) is 10.6. The van der Waals surface area contributed by atoms with Gasteiger partial charge in [-0.2, -0.15) is 0 Å². The molecule has 0 fully saturated rings. The van der Waals surface area contributed by atoms with E-state index in [1.807, 2.05) is 25.1 Å². The highest BCUT2D eigenvalue weighted by atomic mass is 32.2. The SMILES string of the molecule is CC[C@@H](CNC(=O)[C@@H](C)Sc1nnc(N)s1)c1ccccc1. The van der Waals surface area contributed by atoms with Crippen molar-refractivity contribution in [1.82, 2.24) is 15.5 Å². The molecule has 0 aliphatic rings. The molecule has 5 nitrogen and oxygen atoms in total. The number of rotatable bonds is 7. The van der Waals surface area contributed by atoms with E-state index in [1.165, 1.54) is 28.7 Å². The number of nitrogens with one attached hydrogen (secondary N) is 1. The number of benzene rings is 1. The quantitative estimate of drug-likeness (QED) is 0.760. The van der Waals surface area contributed by atoms with E-state index in [4.69, 9.17) is 5.73 Å². The smallest absolute Gasteiger partial charge is 0.233 e. The average Bonchev–Trinajstić information content (AvgIpc) is 2.93. The largest absolute Gasteiger partial charge is 0.374 e. The van der Waals surface area contributed by atoms with Gasteiger partial charge in [-0.3, -0.25) is 4.79 Å². The lowest BCUT2D eigenvalue weighted by Gasteiger charge is -2.17. The first kappa shape index (κ1) is 16.8. The minimum Gasteiger partial charge on any atom is -0.374 e. The molecule has 2 rings (SSSR count). The zero-order chi connectivity index (χ0) is 15.9. The van der Waals surface area contributed by atoms with E-state index in [1.54, 1.807) is 0 Å². The zero-order valence-corrected chi connectivity index (χ0v) is 14.3. The Labute approximate surface area is 138 Å². The molecule has 0 unspecified atom stereocenters. The van der Waals surface area contributed by atoms with Gasteiger partial charge in [0.2, 0.25) is 11.0 Å². The second-order valence-electron chi connectivity index (χ2n) is 4.93. The lowest BCUT2D eigenvalue weighted by molar-refractivity contribution is -0.120. The third-order valence-electron chi connectivity index (χ3n) is 3.36. The summed E-state index contributed by atoms with van der Waals surface area (Å²) in [7, 11) is 0. The number of nitrogen functional groups attached to an aromatic ring is 1. The lowest BCUT2D eigenvalue weighted by Crippen LogP contribution is -2.34. The molecule has 22 heavy (non-hydrogen) atoms. The van der Waals surface area contributed by atoms with Crippen molar-refractivity contribution in [3.63, 3.8) is 0 Å². The van der Waals surface area contributed by atoms with E-state index in [0.29, 0.717) is 17.6 Å². The van der Waals surface area contributed by atoms with E-state index in [9.17, 15) is 4.79 Å². The van der Waals surface area contributed by atoms with E-state index < -0.39 is 0 Å². The van der Waals surface area contributed by atoms with Crippen LogP contribution < -0.4 is 11.1 Å². The Morgan fingerprint density at radius 3 is 2.68 bits per heavy atom. The van der Waals surface area contributed by atoms with Crippen molar-refractivity contribution in [2.45, 2.75) is 35.8 Å². The number of amides is 1. The first-order valence-electron chi connectivity index (χ1n) is 7.18. The molecule has 1 heterocycles. The Balaban J connectivity index is 1.85. The molecule has 0 aliphatic carbocycles. The average molecular weight is 336 g/mol.